The standard InChI is InChI=1S/C14H18N4O4/c1-9-15-8-12(18(21)22)16(9)6-7-17-13(19)10-4-2-3-5-11(10)14(17)20/h8,10-11H,2-7H2,1H3. The Kier molecular flexibility index (Phi) is 3.67. The van der Waals surface area contributed by atoms with Crippen molar-refractivity contribution in [3.63, 3.8) is 0 Å². The zero-order valence-corrected chi connectivity index (χ0v) is 12.4. The monoisotopic (exact) mass is 306 g/mol. The molecular formula is C14H18N4O4. The number of aryl methyl sites for hydroxylation is 1. The van der Waals surface area contributed by atoms with E-state index in [0.717, 1.165) is 25.7 Å². The van der Waals surface area contributed by atoms with Crippen molar-refractivity contribution in [3.05, 3.63) is 22.1 Å². The lowest BCUT2D eigenvalue weighted by atomic mass is 9.81. The third-order valence-corrected chi connectivity index (χ3v) is 4.70. The van der Waals surface area contributed by atoms with Gasteiger partial charge in [-0.2, -0.15) is 0 Å². The number of likely N-dealkylation sites (tertiary alicyclic amines) is 1. The van der Waals surface area contributed by atoms with Gasteiger partial charge < -0.3 is 10.1 Å². The average Bonchev–Trinajstić information content (AvgIpc) is 2.98. The predicted octanol–water partition coefficient (Wildman–Crippen LogP) is 1.27. The minimum Gasteiger partial charge on any atom is -0.358 e. The Hall–Kier alpha value is -2.25. The van der Waals surface area contributed by atoms with Gasteiger partial charge in [-0.15, -0.1) is 0 Å². The molecule has 1 aromatic rings. The molecule has 3 rings (SSSR count). The van der Waals surface area contributed by atoms with Crippen LogP contribution < -0.4 is 0 Å². The fraction of sp³-hybridized carbons (Fsp3) is 0.643. The van der Waals surface area contributed by atoms with E-state index in [1.165, 1.54) is 15.7 Å². The molecule has 0 aromatic carbocycles. The summed E-state index contributed by atoms with van der Waals surface area (Å²) in [6.07, 6.45) is 4.72. The molecule has 1 aliphatic heterocycles. The van der Waals surface area contributed by atoms with Crippen LogP contribution in [-0.4, -0.2) is 37.7 Å². The van der Waals surface area contributed by atoms with E-state index in [1.807, 2.05) is 0 Å². The van der Waals surface area contributed by atoms with Gasteiger partial charge in [0.15, 0.2) is 5.82 Å². The number of aromatic nitrogens is 2. The molecule has 2 amide bonds. The molecule has 2 unspecified atom stereocenters. The number of hydrogen-bond donors (Lipinski definition) is 0. The molecule has 1 aromatic heterocycles. The summed E-state index contributed by atoms with van der Waals surface area (Å²) in [6, 6.07) is 0. The van der Waals surface area contributed by atoms with E-state index in [9.17, 15) is 19.7 Å². The van der Waals surface area contributed by atoms with Crippen LogP contribution in [0.1, 0.15) is 31.5 Å². The van der Waals surface area contributed by atoms with Crippen LogP contribution in [0.2, 0.25) is 0 Å². The van der Waals surface area contributed by atoms with Crippen LogP contribution in [0, 0.1) is 28.9 Å². The first-order valence-corrected chi connectivity index (χ1v) is 7.52. The molecule has 1 aliphatic carbocycles. The van der Waals surface area contributed by atoms with Gasteiger partial charge in [0.25, 0.3) is 0 Å². The van der Waals surface area contributed by atoms with E-state index in [0.29, 0.717) is 5.82 Å². The number of amides is 2. The Morgan fingerprint density at radius 2 is 1.82 bits per heavy atom. The first-order valence-electron chi connectivity index (χ1n) is 7.52. The Bertz CT molecular complexity index is 615. The lowest BCUT2D eigenvalue weighted by Crippen LogP contribution is -2.34. The normalized spacial score (nSPS) is 24.7. The van der Waals surface area contributed by atoms with Crippen LogP contribution >= 0.6 is 0 Å². The third kappa shape index (κ3) is 2.28. The van der Waals surface area contributed by atoms with Crippen molar-refractivity contribution in [2.75, 3.05) is 6.54 Å². The Morgan fingerprint density at radius 3 is 2.36 bits per heavy atom. The molecule has 8 nitrogen and oxygen atoms in total. The van der Waals surface area contributed by atoms with Gasteiger partial charge in [-0.1, -0.05) is 12.8 Å². The SMILES string of the molecule is Cc1ncc([N+](=O)[O-])n1CCN1C(=O)C2CCCCC2C1=O. The zero-order chi connectivity index (χ0) is 15.9. The smallest absolute Gasteiger partial charge is 0.342 e. The van der Waals surface area contributed by atoms with Crippen LogP contribution in [-0.2, 0) is 16.1 Å². The number of nitro groups is 1. The second-order valence-electron chi connectivity index (χ2n) is 5.90. The number of imide groups is 1. The summed E-state index contributed by atoms with van der Waals surface area (Å²) in [7, 11) is 0. The largest absolute Gasteiger partial charge is 0.358 e. The number of imidazole rings is 1. The molecule has 1 saturated carbocycles. The quantitative estimate of drug-likeness (QED) is 0.474. The lowest BCUT2D eigenvalue weighted by molar-refractivity contribution is -0.392. The summed E-state index contributed by atoms with van der Waals surface area (Å²) in [5, 5.41) is 11.0. The van der Waals surface area contributed by atoms with Crippen LogP contribution in [0.3, 0.4) is 0 Å². The summed E-state index contributed by atoms with van der Waals surface area (Å²) in [6.45, 7) is 2.04. The van der Waals surface area contributed by atoms with E-state index in [2.05, 4.69) is 4.98 Å². The van der Waals surface area contributed by atoms with Gasteiger partial charge in [-0.25, -0.2) is 9.55 Å². The van der Waals surface area contributed by atoms with E-state index in [1.54, 1.807) is 6.92 Å². The van der Waals surface area contributed by atoms with Crippen molar-refractivity contribution in [2.24, 2.45) is 11.8 Å². The highest BCUT2D eigenvalue weighted by Crippen LogP contribution is 2.37. The third-order valence-electron chi connectivity index (χ3n) is 4.70. The van der Waals surface area contributed by atoms with Gasteiger partial charge in [0.1, 0.15) is 12.7 Å². The van der Waals surface area contributed by atoms with Crippen LogP contribution in [0.5, 0.6) is 0 Å². The van der Waals surface area contributed by atoms with Gasteiger partial charge in [0.2, 0.25) is 11.8 Å². The molecule has 1 saturated heterocycles. The Morgan fingerprint density at radius 1 is 1.23 bits per heavy atom. The second kappa shape index (κ2) is 5.51. The summed E-state index contributed by atoms with van der Waals surface area (Å²) in [5.41, 5.74) is 0. The summed E-state index contributed by atoms with van der Waals surface area (Å²) >= 11 is 0. The number of hydrogen-bond acceptors (Lipinski definition) is 5. The fourth-order valence-corrected chi connectivity index (χ4v) is 3.53. The highest BCUT2D eigenvalue weighted by molar-refractivity contribution is 6.05. The first kappa shape index (κ1) is 14.7. The molecule has 0 radical (unpaired) electrons. The van der Waals surface area contributed by atoms with E-state index in [4.69, 9.17) is 0 Å². The molecular weight excluding hydrogens is 288 g/mol. The minimum atomic E-state index is -0.507. The van der Waals surface area contributed by atoms with Gasteiger partial charge in [-0.05, 0) is 17.8 Å². The van der Waals surface area contributed by atoms with Crippen LogP contribution in [0.15, 0.2) is 6.20 Å². The molecule has 22 heavy (non-hydrogen) atoms. The number of fused-ring (bicyclic) bond motifs is 1. The van der Waals surface area contributed by atoms with Crippen molar-refractivity contribution in [2.45, 2.75) is 39.2 Å². The average molecular weight is 306 g/mol. The Balaban J connectivity index is 1.74. The summed E-state index contributed by atoms with van der Waals surface area (Å²) in [5.74, 6) is -0.206. The first-order chi connectivity index (χ1) is 10.5. The molecule has 0 N–H and O–H groups in total. The molecule has 2 heterocycles. The minimum absolute atomic E-state index is 0.116. The second-order valence-corrected chi connectivity index (χ2v) is 5.90. The number of nitrogens with zero attached hydrogens (tertiary/aromatic N) is 4. The predicted molar refractivity (Wildman–Crippen MR) is 75.8 cm³/mol. The molecule has 0 spiro atoms. The van der Waals surface area contributed by atoms with Gasteiger partial charge in [0.05, 0.1) is 18.4 Å². The van der Waals surface area contributed by atoms with Crippen molar-refractivity contribution < 1.29 is 14.5 Å². The maximum absolute atomic E-state index is 12.4. The van der Waals surface area contributed by atoms with Crippen molar-refractivity contribution in [1.82, 2.24) is 14.5 Å². The molecule has 2 atom stereocenters. The Labute approximate surface area is 127 Å². The summed E-state index contributed by atoms with van der Waals surface area (Å²) in [4.78, 5) is 40.4. The maximum Gasteiger partial charge on any atom is 0.342 e. The van der Waals surface area contributed by atoms with Crippen LogP contribution in [0.25, 0.3) is 0 Å². The highest BCUT2D eigenvalue weighted by atomic mass is 16.6. The molecule has 8 heteroatoms. The molecule has 2 aliphatic rings. The lowest BCUT2D eigenvalue weighted by Gasteiger charge is -2.19. The fourth-order valence-electron chi connectivity index (χ4n) is 3.53. The van der Waals surface area contributed by atoms with E-state index in [-0.39, 0.29) is 42.6 Å². The number of carbonyl (C=O) groups is 2. The number of carbonyl (C=O) groups excluding carboxylic acids is 2. The van der Waals surface area contributed by atoms with Crippen molar-refractivity contribution in [3.8, 4) is 0 Å². The highest BCUT2D eigenvalue weighted by Gasteiger charge is 2.48. The maximum atomic E-state index is 12.4. The van der Waals surface area contributed by atoms with Crippen molar-refractivity contribution in [1.29, 1.82) is 0 Å². The van der Waals surface area contributed by atoms with E-state index < -0.39 is 4.92 Å². The molecule has 0 bridgehead atoms. The molecule has 118 valence electrons. The topological polar surface area (TPSA) is 98.3 Å². The van der Waals surface area contributed by atoms with Gasteiger partial charge in [-0.3, -0.25) is 14.5 Å². The van der Waals surface area contributed by atoms with Crippen LogP contribution in [0.4, 0.5) is 5.82 Å². The van der Waals surface area contributed by atoms with Gasteiger partial charge in [0, 0.05) is 6.92 Å². The van der Waals surface area contributed by atoms with E-state index >= 15 is 0 Å². The number of rotatable bonds is 4. The zero-order valence-electron chi connectivity index (χ0n) is 12.4. The van der Waals surface area contributed by atoms with Crippen molar-refractivity contribution >= 4 is 17.6 Å². The van der Waals surface area contributed by atoms with Gasteiger partial charge >= 0.3 is 5.82 Å². The molecule has 2 fully saturated rings. The summed E-state index contributed by atoms with van der Waals surface area (Å²) < 4.78 is 1.43.